The van der Waals surface area contributed by atoms with Crippen molar-refractivity contribution in [1.82, 2.24) is 14.7 Å². The first-order chi connectivity index (χ1) is 14.2. The summed E-state index contributed by atoms with van der Waals surface area (Å²) in [6, 6.07) is 9.17. The minimum absolute atomic E-state index is 0.0401. The van der Waals surface area contributed by atoms with E-state index in [0.717, 1.165) is 45.1 Å². The maximum Gasteiger partial charge on any atom is 0.236 e. The van der Waals surface area contributed by atoms with Crippen molar-refractivity contribution in [2.45, 2.75) is 57.5 Å². The van der Waals surface area contributed by atoms with Gasteiger partial charge >= 0.3 is 0 Å². The van der Waals surface area contributed by atoms with Gasteiger partial charge in [0.25, 0.3) is 0 Å². The Hall–Kier alpha value is -1.46. The lowest BCUT2D eigenvalue weighted by molar-refractivity contribution is -0.135. The Balaban J connectivity index is 1.40. The molecule has 2 atom stereocenters. The summed E-state index contributed by atoms with van der Waals surface area (Å²) in [5.41, 5.74) is 2.91. The van der Waals surface area contributed by atoms with Crippen molar-refractivity contribution in [2.24, 2.45) is 5.92 Å². The molecule has 1 aliphatic carbocycles. The standard InChI is InChI=1S/C24H36FN3O/c1-19(17-25)26-12-14-27(15-13-26)24(29)18-28-11-10-21-8-4-5-9-22(21)23(28)16-20-6-2-3-7-20/h4-5,8-9,19-20,23H,2-3,6-7,10-18H2,1H3. The normalized spacial score (nSPS) is 25.2. The van der Waals surface area contributed by atoms with Gasteiger partial charge in [-0.15, -0.1) is 0 Å². The smallest absolute Gasteiger partial charge is 0.236 e. The Labute approximate surface area is 175 Å². The van der Waals surface area contributed by atoms with E-state index in [2.05, 4.69) is 34.1 Å². The number of carbonyl (C=O) groups excluding carboxylic acids is 1. The molecule has 0 radical (unpaired) electrons. The second-order valence-corrected chi connectivity index (χ2v) is 9.24. The maximum atomic E-state index is 13.1. The first-order valence-electron chi connectivity index (χ1n) is 11.6. The Morgan fingerprint density at radius 3 is 2.55 bits per heavy atom. The van der Waals surface area contributed by atoms with Crippen LogP contribution in [0.3, 0.4) is 0 Å². The number of hydrogen-bond donors (Lipinski definition) is 0. The van der Waals surface area contributed by atoms with E-state index in [1.807, 2.05) is 11.8 Å². The number of rotatable bonds is 6. The molecule has 2 fully saturated rings. The maximum absolute atomic E-state index is 13.1. The van der Waals surface area contributed by atoms with Gasteiger partial charge in [0.15, 0.2) is 0 Å². The van der Waals surface area contributed by atoms with Crippen LogP contribution in [0.15, 0.2) is 24.3 Å². The zero-order valence-corrected chi connectivity index (χ0v) is 17.9. The van der Waals surface area contributed by atoms with Crippen molar-refractivity contribution < 1.29 is 9.18 Å². The quantitative estimate of drug-likeness (QED) is 0.728. The van der Waals surface area contributed by atoms with Gasteiger partial charge in [-0.2, -0.15) is 0 Å². The summed E-state index contributed by atoms with van der Waals surface area (Å²) >= 11 is 0. The number of halogens is 1. The fourth-order valence-electron chi connectivity index (χ4n) is 5.51. The van der Waals surface area contributed by atoms with E-state index in [4.69, 9.17) is 0 Å². The zero-order chi connectivity index (χ0) is 20.2. The fourth-order valence-corrected chi connectivity index (χ4v) is 5.51. The summed E-state index contributed by atoms with van der Waals surface area (Å²) in [6.45, 7) is 6.11. The molecular weight excluding hydrogens is 365 g/mol. The summed E-state index contributed by atoms with van der Waals surface area (Å²) in [5, 5.41) is 0. The molecule has 2 unspecified atom stereocenters. The molecule has 4 nitrogen and oxygen atoms in total. The minimum Gasteiger partial charge on any atom is -0.339 e. The van der Waals surface area contributed by atoms with Gasteiger partial charge in [0, 0.05) is 44.8 Å². The largest absolute Gasteiger partial charge is 0.339 e. The zero-order valence-electron chi connectivity index (χ0n) is 17.9. The molecule has 2 aliphatic heterocycles. The summed E-state index contributed by atoms with van der Waals surface area (Å²) in [5.74, 6) is 1.04. The van der Waals surface area contributed by atoms with E-state index in [1.165, 1.54) is 43.2 Å². The van der Waals surface area contributed by atoms with E-state index >= 15 is 0 Å². The van der Waals surface area contributed by atoms with Crippen LogP contribution in [0, 0.1) is 5.92 Å². The Kier molecular flexibility index (Phi) is 6.86. The van der Waals surface area contributed by atoms with Crippen LogP contribution >= 0.6 is 0 Å². The van der Waals surface area contributed by atoms with Crippen LogP contribution in [-0.4, -0.2) is 72.6 Å². The SMILES string of the molecule is CC(CF)N1CCN(C(=O)CN2CCc3ccccc3C2CC2CCCC2)CC1. The lowest BCUT2D eigenvalue weighted by atomic mass is 9.86. The van der Waals surface area contributed by atoms with Crippen LogP contribution in [0.2, 0.25) is 0 Å². The van der Waals surface area contributed by atoms with Crippen LogP contribution in [0.25, 0.3) is 0 Å². The van der Waals surface area contributed by atoms with Crippen LogP contribution in [0.1, 0.15) is 56.2 Å². The number of fused-ring (bicyclic) bond motifs is 1. The number of nitrogens with zero attached hydrogens (tertiary/aromatic N) is 3. The average molecular weight is 402 g/mol. The molecule has 1 amide bonds. The lowest BCUT2D eigenvalue weighted by Crippen LogP contribution is -2.54. The monoisotopic (exact) mass is 401 g/mol. The van der Waals surface area contributed by atoms with E-state index in [0.29, 0.717) is 12.6 Å². The highest BCUT2D eigenvalue weighted by atomic mass is 19.1. The highest BCUT2D eigenvalue weighted by molar-refractivity contribution is 5.78. The van der Waals surface area contributed by atoms with Gasteiger partial charge in [-0.1, -0.05) is 49.9 Å². The molecule has 1 aromatic carbocycles. The van der Waals surface area contributed by atoms with Crippen LogP contribution in [-0.2, 0) is 11.2 Å². The molecule has 4 rings (SSSR count). The number of carbonyl (C=O) groups is 1. The molecule has 3 aliphatic rings. The van der Waals surface area contributed by atoms with Crippen molar-refractivity contribution in [3.8, 4) is 0 Å². The van der Waals surface area contributed by atoms with E-state index in [9.17, 15) is 9.18 Å². The highest BCUT2D eigenvalue weighted by Crippen LogP contribution is 2.39. The van der Waals surface area contributed by atoms with Gasteiger partial charge in [0.1, 0.15) is 6.67 Å². The van der Waals surface area contributed by atoms with Crippen LogP contribution in [0.5, 0.6) is 0 Å². The Morgan fingerprint density at radius 1 is 1.10 bits per heavy atom. The number of hydrogen-bond acceptors (Lipinski definition) is 3. The Morgan fingerprint density at radius 2 is 1.83 bits per heavy atom. The molecule has 29 heavy (non-hydrogen) atoms. The van der Waals surface area contributed by atoms with Gasteiger partial charge in [-0.05, 0) is 36.8 Å². The van der Waals surface area contributed by atoms with Crippen LogP contribution < -0.4 is 0 Å². The van der Waals surface area contributed by atoms with Crippen LogP contribution in [0.4, 0.5) is 4.39 Å². The molecule has 0 spiro atoms. The Bertz CT molecular complexity index is 682. The van der Waals surface area contributed by atoms with E-state index < -0.39 is 0 Å². The van der Waals surface area contributed by atoms with Gasteiger partial charge < -0.3 is 4.90 Å². The second-order valence-electron chi connectivity index (χ2n) is 9.24. The average Bonchev–Trinajstić information content (AvgIpc) is 3.28. The molecule has 5 heteroatoms. The lowest BCUT2D eigenvalue weighted by Gasteiger charge is -2.41. The van der Waals surface area contributed by atoms with Gasteiger partial charge in [-0.3, -0.25) is 14.6 Å². The van der Waals surface area contributed by atoms with Crippen molar-refractivity contribution in [3.63, 3.8) is 0 Å². The number of amides is 1. The van der Waals surface area contributed by atoms with Crippen molar-refractivity contribution in [1.29, 1.82) is 0 Å². The number of benzene rings is 1. The first-order valence-corrected chi connectivity index (χ1v) is 11.6. The third kappa shape index (κ3) is 4.83. The molecule has 1 aromatic rings. The molecule has 2 heterocycles. The minimum atomic E-state index is -0.315. The van der Waals surface area contributed by atoms with E-state index in [-0.39, 0.29) is 18.6 Å². The number of piperazine rings is 1. The first kappa shape index (κ1) is 20.8. The van der Waals surface area contributed by atoms with Gasteiger partial charge in [0.2, 0.25) is 5.91 Å². The molecule has 1 saturated carbocycles. The molecule has 0 bridgehead atoms. The summed E-state index contributed by atoms with van der Waals surface area (Å²) in [4.78, 5) is 19.7. The molecule has 1 saturated heterocycles. The van der Waals surface area contributed by atoms with Crippen molar-refractivity contribution in [3.05, 3.63) is 35.4 Å². The third-order valence-electron chi connectivity index (χ3n) is 7.41. The highest BCUT2D eigenvalue weighted by Gasteiger charge is 2.33. The van der Waals surface area contributed by atoms with Crippen molar-refractivity contribution >= 4 is 5.91 Å². The van der Waals surface area contributed by atoms with E-state index in [1.54, 1.807) is 0 Å². The molecule has 0 aromatic heterocycles. The van der Waals surface area contributed by atoms with Crippen molar-refractivity contribution in [2.75, 3.05) is 45.9 Å². The summed E-state index contributed by atoms with van der Waals surface area (Å²) in [7, 11) is 0. The predicted octanol–water partition coefficient (Wildman–Crippen LogP) is 3.67. The third-order valence-corrected chi connectivity index (χ3v) is 7.41. The van der Waals surface area contributed by atoms with Gasteiger partial charge in [0.05, 0.1) is 6.54 Å². The number of alkyl halides is 1. The molecule has 0 N–H and O–H groups in total. The molecule has 160 valence electrons. The topological polar surface area (TPSA) is 26.8 Å². The fraction of sp³-hybridized carbons (Fsp3) is 0.708. The second kappa shape index (κ2) is 9.57. The summed E-state index contributed by atoms with van der Waals surface area (Å²) < 4.78 is 12.9. The molecular formula is C24H36FN3O. The van der Waals surface area contributed by atoms with Gasteiger partial charge in [-0.25, -0.2) is 4.39 Å². The summed E-state index contributed by atoms with van der Waals surface area (Å²) in [6.07, 6.45) is 7.63. The predicted molar refractivity (Wildman–Crippen MR) is 115 cm³/mol.